The highest BCUT2D eigenvalue weighted by molar-refractivity contribution is 5.84. The molecule has 0 spiro atoms. The molecule has 0 aliphatic heterocycles. The molecule has 0 aliphatic carbocycles. The van der Waals surface area contributed by atoms with Crippen LogP contribution in [0, 0.1) is 12.7 Å². The summed E-state index contributed by atoms with van der Waals surface area (Å²) >= 11 is 0. The smallest absolute Gasteiger partial charge is 0.261 e. The summed E-state index contributed by atoms with van der Waals surface area (Å²) in [5.74, 6) is -0.452. The molecule has 0 amide bonds. The summed E-state index contributed by atoms with van der Waals surface area (Å²) < 4.78 is 14.8. The van der Waals surface area contributed by atoms with Gasteiger partial charge in [0, 0.05) is 13.2 Å². The summed E-state index contributed by atoms with van der Waals surface area (Å²) in [5.41, 5.74) is 0.616. The van der Waals surface area contributed by atoms with E-state index in [1.165, 1.54) is 10.6 Å². The normalized spacial score (nSPS) is 10.8. The Morgan fingerprint density at radius 2 is 2.07 bits per heavy atom. The minimum atomic E-state index is -0.452. The Balaban J connectivity index is 3.11. The van der Waals surface area contributed by atoms with E-state index in [1.807, 2.05) is 6.92 Å². The average Bonchev–Trinajstić information content (AvgIpc) is 2.14. The average molecular weight is 191 g/mol. The molecule has 2 aromatic rings. The maximum Gasteiger partial charge on any atom is 0.261 e. The van der Waals surface area contributed by atoms with Crippen molar-refractivity contribution in [2.24, 2.45) is 7.05 Å². The zero-order valence-corrected chi connectivity index (χ0v) is 8.04. The third-order valence-corrected chi connectivity index (χ3v) is 2.36. The van der Waals surface area contributed by atoms with Gasteiger partial charge in [0.2, 0.25) is 0 Å². The first-order chi connectivity index (χ1) is 6.61. The van der Waals surface area contributed by atoms with Crippen molar-refractivity contribution in [2.75, 3.05) is 0 Å². The van der Waals surface area contributed by atoms with E-state index in [4.69, 9.17) is 0 Å². The quantitative estimate of drug-likeness (QED) is 0.624. The van der Waals surface area contributed by atoms with Crippen LogP contribution in [0.3, 0.4) is 0 Å². The van der Waals surface area contributed by atoms with Gasteiger partial charge in [-0.25, -0.2) is 4.39 Å². The molecule has 0 saturated heterocycles. The van der Waals surface area contributed by atoms with Crippen molar-refractivity contribution < 1.29 is 4.39 Å². The number of pyridine rings is 1. The summed E-state index contributed by atoms with van der Waals surface area (Å²) in [6, 6.07) is 4.68. The molecule has 2 rings (SSSR count). The molecule has 2 nitrogen and oxygen atoms in total. The number of halogens is 1. The first kappa shape index (κ1) is 8.94. The SMILES string of the molecule is Cc1cn(C)c(=O)c2c(F)cccc12. The minimum absolute atomic E-state index is 0.176. The lowest BCUT2D eigenvalue weighted by atomic mass is 10.1. The number of nitrogens with zero attached hydrogens (tertiary/aromatic N) is 1. The molecule has 1 heterocycles. The van der Waals surface area contributed by atoms with E-state index in [9.17, 15) is 9.18 Å². The molecule has 0 aliphatic rings. The molecule has 1 aromatic heterocycles. The predicted molar refractivity (Wildman–Crippen MR) is 53.9 cm³/mol. The lowest BCUT2D eigenvalue weighted by Gasteiger charge is -2.05. The molecule has 0 N–H and O–H groups in total. The predicted octanol–water partition coefficient (Wildman–Crippen LogP) is 1.99. The second-order valence-corrected chi connectivity index (χ2v) is 3.39. The molecule has 0 unspecified atom stereocenters. The Morgan fingerprint density at radius 1 is 1.36 bits per heavy atom. The van der Waals surface area contributed by atoms with Gasteiger partial charge in [0.15, 0.2) is 0 Å². The molecule has 0 fully saturated rings. The van der Waals surface area contributed by atoms with E-state index in [0.717, 1.165) is 5.56 Å². The van der Waals surface area contributed by atoms with Crippen LogP contribution in [0.5, 0.6) is 0 Å². The van der Waals surface area contributed by atoms with Crippen molar-refractivity contribution in [3.05, 3.63) is 46.1 Å². The third kappa shape index (κ3) is 1.13. The zero-order valence-electron chi connectivity index (χ0n) is 8.04. The van der Waals surface area contributed by atoms with Crippen molar-refractivity contribution in [3.8, 4) is 0 Å². The van der Waals surface area contributed by atoms with E-state index in [-0.39, 0.29) is 10.9 Å². The second-order valence-electron chi connectivity index (χ2n) is 3.39. The molecule has 1 aromatic carbocycles. The first-order valence-electron chi connectivity index (χ1n) is 4.35. The van der Waals surface area contributed by atoms with Crippen LogP contribution in [0.25, 0.3) is 10.8 Å². The van der Waals surface area contributed by atoms with Crippen LogP contribution in [-0.2, 0) is 7.05 Å². The Kier molecular flexibility index (Phi) is 1.88. The molecule has 0 radical (unpaired) electrons. The number of fused-ring (bicyclic) bond motifs is 1. The minimum Gasteiger partial charge on any atom is -0.318 e. The molecule has 0 saturated carbocycles. The van der Waals surface area contributed by atoms with E-state index in [0.29, 0.717) is 5.39 Å². The van der Waals surface area contributed by atoms with Crippen molar-refractivity contribution in [1.29, 1.82) is 0 Å². The van der Waals surface area contributed by atoms with E-state index >= 15 is 0 Å². The van der Waals surface area contributed by atoms with Crippen molar-refractivity contribution >= 4 is 10.8 Å². The van der Waals surface area contributed by atoms with E-state index in [2.05, 4.69) is 0 Å². The fourth-order valence-electron chi connectivity index (χ4n) is 1.67. The number of benzene rings is 1. The highest BCUT2D eigenvalue weighted by Crippen LogP contribution is 2.16. The lowest BCUT2D eigenvalue weighted by molar-refractivity contribution is 0.637. The maximum absolute atomic E-state index is 13.4. The number of hydrogen-bond donors (Lipinski definition) is 0. The van der Waals surface area contributed by atoms with Crippen LogP contribution < -0.4 is 5.56 Å². The van der Waals surface area contributed by atoms with Crippen LogP contribution in [0.2, 0.25) is 0 Å². The standard InChI is InChI=1S/C11H10FNO/c1-7-6-13(2)11(14)10-8(7)4-3-5-9(10)12/h3-6H,1-2H3. The van der Waals surface area contributed by atoms with Crippen LogP contribution in [0.15, 0.2) is 29.2 Å². The molecule has 72 valence electrons. The van der Waals surface area contributed by atoms with Gasteiger partial charge in [0.05, 0.1) is 5.39 Å². The van der Waals surface area contributed by atoms with Gasteiger partial charge in [-0.1, -0.05) is 12.1 Å². The van der Waals surface area contributed by atoms with E-state index < -0.39 is 5.82 Å². The molecular weight excluding hydrogens is 181 g/mol. The number of aryl methyl sites for hydroxylation is 2. The maximum atomic E-state index is 13.4. The van der Waals surface area contributed by atoms with E-state index in [1.54, 1.807) is 25.4 Å². The number of hydrogen-bond acceptors (Lipinski definition) is 1. The van der Waals surface area contributed by atoms with Crippen LogP contribution in [0.4, 0.5) is 4.39 Å². The van der Waals surface area contributed by atoms with Crippen LogP contribution >= 0.6 is 0 Å². The van der Waals surface area contributed by atoms with Crippen LogP contribution in [-0.4, -0.2) is 4.57 Å². The molecular formula is C11H10FNO. The monoisotopic (exact) mass is 191 g/mol. The van der Waals surface area contributed by atoms with Gasteiger partial charge in [0.25, 0.3) is 5.56 Å². The van der Waals surface area contributed by atoms with Gasteiger partial charge in [-0.15, -0.1) is 0 Å². The fourth-order valence-corrected chi connectivity index (χ4v) is 1.67. The molecule has 14 heavy (non-hydrogen) atoms. The fraction of sp³-hybridized carbons (Fsp3) is 0.182. The van der Waals surface area contributed by atoms with Gasteiger partial charge < -0.3 is 4.57 Å². The summed E-state index contributed by atoms with van der Waals surface area (Å²) in [7, 11) is 1.63. The van der Waals surface area contributed by atoms with Gasteiger partial charge in [-0.2, -0.15) is 0 Å². The highest BCUT2D eigenvalue weighted by Gasteiger charge is 2.07. The van der Waals surface area contributed by atoms with Crippen molar-refractivity contribution in [1.82, 2.24) is 4.57 Å². The lowest BCUT2D eigenvalue weighted by Crippen LogP contribution is -2.17. The van der Waals surface area contributed by atoms with Gasteiger partial charge in [-0.3, -0.25) is 4.79 Å². The second kappa shape index (κ2) is 2.94. The van der Waals surface area contributed by atoms with Gasteiger partial charge in [-0.05, 0) is 23.9 Å². The van der Waals surface area contributed by atoms with Gasteiger partial charge in [0.1, 0.15) is 5.82 Å². The Morgan fingerprint density at radius 3 is 2.79 bits per heavy atom. The van der Waals surface area contributed by atoms with Crippen molar-refractivity contribution in [3.63, 3.8) is 0 Å². The zero-order chi connectivity index (χ0) is 10.3. The molecule has 0 atom stereocenters. The topological polar surface area (TPSA) is 22.0 Å². The third-order valence-electron chi connectivity index (χ3n) is 2.36. The largest absolute Gasteiger partial charge is 0.318 e. The Labute approximate surface area is 80.6 Å². The summed E-state index contributed by atoms with van der Waals surface area (Å²) in [4.78, 5) is 11.6. The molecule has 3 heteroatoms. The van der Waals surface area contributed by atoms with Gasteiger partial charge >= 0.3 is 0 Å². The summed E-state index contributed by atoms with van der Waals surface area (Å²) in [6.07, 6.45) is 1.71. The first-order valence-corrected chi connectivity index (χ1v) is 4.35. The Hall–Kier alpha value is -1.64. The summed E-state index contributed by atoms with van der Waals surface area (Å²) in [6.45, 7) is 1.86. The van der Waals surface area contributed by atoms with Crippen molar-refractivity contribution in [2.45, 2.75) is 6.92 Å². The van der Waals surface area contributed by atoms with Crippen LogP contribution in [0.1, 0.15) is 5.56 Å². The number of rotatable bonds is 0. The summed E-state index contributed by atoms with van der Waals surface area (Å²) in [5, 5.41) is 0.864. The molecule has 0 bridgehead atoms. The Bertz CT molecular complexity index is 557. The highest BCUT2D eigenvalue weighted by atomic mass is 19.1. The number of aromatic nitrogens is 1.